The number of aromatic hydroxyl groups is 1. The van der Waals surface area contributed by atoms with Crippen LogP contribution < -0.4 is 10.6 Å². The Balaban J connectivity index is 1.44. The second kappa shape index (κ2) is 9.54. The molecule has 3 N–H and O–H groups in total. The van der Waals surface area contributed by atoms with E-state index in [1.54, 1.807) is 12.1 Å². The Morgan fingerprint density at radius 2 is 1.97 bits per heavy atom. The first-order chi connectivity index (χ1) is 16.9. The van der Waals surface area contributed by atoms with E-state index in [2.05, 4.69) is 15.7 Å². The number of phenols is 1. The maximum absolute atomic E-state index is 12.9. The number of aromatic nitrogens is 2. The number of phenolic OH excluding ortho intramolecular Hbond substituents is 1. The van der Waals surface area contributed by atoms with Gasteiger partial charge in [0.25, 0.3) is 5.91 Å². The highest BCUT2D eigenvalue weighted by Crippen LogP contribution is 2.39. The van der Waals surface area contributed by atoms with E-state index in [0.29, 0.717) is 21.8 Å². The molecule has 1 unspecified atom stereocenters. The molecule has 2 aromatic heterocycles. The third kappa shape index (κ3) is 4.66. The molecular formula is C27H28N4O3S. The van der Waals surface area contributed by atoms with Crippen molar-refractivity contribution in [3.63, 3.8) is 0 Å². The van der Waals surface area contributed by atoms with Crippen LogP contribution in [0.2, 0.25) is 0 Å². The first-order valence-electron chi connectivity index (χ1n) is 12.0. The van der Waals surface area contributed by atoms with Crippen molar-refractivity contribution in [3.8, 4) is 17.0 Å². The molecule has 0 aliphatic heterocycles. The first kappa shape index (κ1) is 23.1. The van der Waals surface area contributed by atoms with Gasteiger partial charge in [0.1, 0.15) is 5.75 Å². The molecule has 2 amide bonds. The Labute approximate surface area is 207 Å². The van der Waals surface area contributed by atoms with E-state index < -0.39 is 0 Å². The molecule has 5 rings (SSSR count). The van der Waals surface area contributed by atoms with Crippen LogP contribution in [-0.2, 0) is 0 Å². The van der Waals surface area contributed by atoms with Gasteiger partial charge in [0.2, 0.25) is 0 Å². The summed E-state index contributed by atoms with van der Waals surface area (Å²) >= 11 is 1.43. The highest BCUT2D eigenvalue weighted by molar-refractivity contribution is 7.20. The number of hydrogen-bond donors (Lipinski definition) is 3. The molecule has 7 nitrogen and oxygen atoms in total. The Bertz CT molecular complexity index is 1370. The Morgan fingerprint density at radius 3 is 2.69 bits per heavy atom. The first-order valence-corrected chi connectivity index (χ1v) is 12.8. The van der Waals surface area contributed by atoms with Gasteiger partial charge in [-0.05, 0) is 68.0 Å². The van der Waals surface area contributed by atoms with Crippen molar-refractivity contribution in [1.82, 2.24) is 15.1 Å². The number of nitrogens with zero attached hydrogens (tertiary/aromatic N) is 2. The van der Waals surface area contributed by atoms with Gasteiger partial charge in [-0.15, -0.1) is 11.3 Å². The summed E-state index contributed by atoms with van der Waals surface area (Å²) in [6, 6.07) is 16.3. The Hall–Kier alpha value is -3.65. The van der Waals surface area contributed by atoms with Crippen molar-refractivity contribution in [1.29, 1.82) is 0 Å². The van der Waals surface area contributed by atoms with Crippen molar-refractivity contribution in [3.05, 3.63) is 65.2 Å². The van der Waals surface area contributed by atoms with Crippen LogP contribution in [0.1, 0.15) is 60.8 Å². The van der Waals surface area contributed by atoms with Gasteiger partial charge in [-0.2, -0.15) is 9.78 Å². The number of fused-ring (bicyclic) bond motifs is 1. The van der Waals surface area contributed by atoms with Crippen molar-refractivity contribution in [2.24, 2.45) is 0 Å². The van der Waals surface area contributed by atoms with Crippen LogP contribution in [0, 0.1) is 0 Å². The zero-order chi connectivity index (χ0) is 24.5. The number of rotatable bonds is 6. The van der Waals surface area contributed by atoms with Gasteiger partial charge >= 0.3 is 6.03 Å². The smallest absolute Gasteiger partial charge is 0.342 e. The van der Waals surface area contributed by atoms with Crippen LogP contribution in [0.4, 0.5) is 10.5 Å². The van der Waals surface area contributed by atoms with E-state index in [1.165, 1.54) is 22.1 Å². The number of carbonyl (C=O) groups is 2. The van der Waals surface area contributed by atoms with Crippen LogP contribution in [0.3, 0.4) is 0 Å². The quantitative estimate of drug-likeness (QED) is 0.276. The summed E-state index contributed by atoms with van der Waals surface area (Å²) < 4.78 is 2.49. The maximum atomic E-state index is 12.9. The average molecular weight is 489 g/mol. The molecule has 1 atom stereocenters. The second-order valence-electron chi connectivity index (χ2n) is 9.09. The number of amides is 2. The SMILES string of the molecule is CCC(C)NC(=O)n1nc(-c2cc(NC(=O)c3cc4ccccc4s3)ccc2O)cc1C1CCC1. The molecule has 0 radical (unpaired) electrons. The zero-order valence-electron chi connectivity index (χ0n) is 19.7. The predicted molar refractivity (Wildman–Crippen MR) is 139 cm³/mol. The highest BCUT2D eigenvalue weighted by atomic mass is 32.1. The van der Waals surface area contributed by atoms with Crippen molar-refractivity contribution >= 4 is 39.0 Å². The molecule has 0 saturated heterocycles. The van der Waals surface area contributed by atoms with Crippen molar-refractivity contribution in [2.75, 3.05) is 5.32 Å². The number of nitrogens with one attached hydrogen (secondary N) is 2. The molecule has 0 bridgehead atoms. The fraction of sp³-hybridized carbons (Fsp3) is 0.296. The lowest BCUT2D eigenvalue weighted by atomic mass is 9.82. The third-order valence-corrected chi connectivity index (χ3v) is 7.73. The molecule has 8 heteroatoms. The molecule has 35 heavy (non-hydrogen) atoms. The highest BCUT2D eigenvalue weighted by Gasteiger charge is 2.28. The largest absolute Gasteiger partial charge is 0.507 e. The van der Waals surface area contributed by atoms with Gasteiger partial charge in [0.05, 0.1) is 16.3 Å². The number of hydrogen-bond acceptors (Lipinski definition) is 5. The van der Waals surface area contributed by atoms with Crippen LogP contribution in [0.25, 0.3) is 21.3 Å². The third-order valence-electron chi connectivity index (χ3n) is 6.61. The zero-order valence-corrected chi connectivity index (χ0v) is 20.6. The summed E-state index contributed by atoms with van der Waals surface area (Å²) in [6.07, 6.45) is 3.97. The van der Waals surface area contributed by atoms with Crippen LogP contribution >= 0.6 is 11.3 Å². The minimum absolute atomic E-state index is 0.0326. The lowest BCUT2D eigenvalue weighted by Crippen LogP contribution is -2.37. The second-order valence-corrected chi connectivity index (χ2v) is 10.2. The van der Waals surface area contributed by atoms with E-state index in [9.17, 15) is 14.7 Å². The number of thiophene rings is 1. The molecule has 1 aliphatic carbocycles. The number of benzene rings is 2. The molecule has 2 aromatic carbocycles. The van der Waals surface area contributed by atoms with Crippen molar-refractivity contribution < 1.29 is 14.7 Å². The van der Waals surface area contributed by atoms with Gasteiger partial charge in [-0.25, -0.2) is 4.79 Å². The minimum atomic E-state index is -0.263. The van der Waals surface area contributed by atoms with E-state index in [0.717, 1.165) is 41.5 Å². The van der Waals surface area contributed by atoms with Crippen LogP contribution in [0.15, 0.2) is 54.6 Å². The van der Waals surface area contributed by atoms with Gasteiger partial charge < -0.3 is 15.7 Å². The fourth-order valence-corrected chi connectivity index (χ4v) is 5.12. The van der Waals surface area contributed by atoms with Gasteiger partial charge in [0.15, 0.2) is 0 Å². The predicted octanol–water partition coefficient (Wildman–Crippen LogP) is 6.35. The Kier molecular flexibility index (Phi) is 6.30. The molecule has 1 aliphatic rings. The normalized spacial score (nSPS) is 14.5. The molecule has 0 spiro atoms. The molecular weight excluding hydrogens is 460 g/mol. The standard InChI is InChI=1S/C27H28N4O3S/c1-3-16(2)28-27(34)31-22(17-8-6-9-17)15-21(30-31)20-14-19(11-12-23(20)32)29-26(33)25-13-18-7-4-5-10-24(18)35-25/h4-5,7,10-17,32H,3,6,8-9H2,1-2H3,(H,28,34)(H,29,33). The van der Waals surface area contributed by atoms with Crippen LogP contribution in [-0.4, -0.2) is 32.9 Å². The summed E-state index contributed by atoms with van der Waals surface area (Å²) in [5, 5.41) is 22.1. The lowest BCUT2D eigenvalue weighted by molar-refractivity contribution is 0.103. The summed E-state index contributed by atoms with van der Waals surface area (Å²) in [5.41, 5.74) is 2.37. The van der Waals surface area contributed by atoms with E-state index >= 15 is 0 Å². The average Bonchev–Trinajstić information content (AvgIpc) is 3.44. The van der Waals surface area contributed by atoms with Gasteiger partial charge in [-0.3, -0.25) is 4.79 Å². The van der Waals surface area contributed by atoms with E-state index in [-0.39, 0.29) is 29.6 Å². The maximum Gasteiger partial charge on any atom is 0.342 e. The van der Waals surface area contributed by atoms with E-state index in [1.807, 2.05) is 50.2 Å². The van der Waals surface area contributed by atoms with E-state index in [4.69, 9.17) is 0 Å². The summed E-state index contributed by atoms with van der Waals surface area (Å²) in [6.45, 7) is 3.98. The topological polar surface area (TPSA) is 96.3 Å². The molecule has 2 heterocycles. The van der Waals surface area contributed by atoms with Crippen LogP contribution in [0.5, 0.6) is 5.75 Å². The monoisotopic (exact) mass is 488 g/mol. The number of anilines is 1. The summed E-state index contributed by atoms with van der Waals surface area (Å²) in [4.78, 5) is 26.4. The fourth-order valence-electron chi connectivity index (χ4n) is 4.16. The summed E-state index contributed by atoms with van der Waals surface area (Å²) in [7, 11) is 0. The minimum Gasteiger partial charge on any atom is -0.507 e. The lowest BCUT2D eigenvalue weighted by Gasteiger charge is -2.25. The van der Waals surface area contributed by atoms with Crippen molar-refractivity contribution in [2.45, 2.75) is 51.5 Å². The molecule has 1 fully saturated rings. The summed E-state index contributed by atoms with van der Waals surface area (Å²) in [5.74, 6) is 0.102. The Morgan fingerprint density at radius 1 is 1.17 bits per heavy atom. The molecule has 180 valence electrons. The van der Waals surface area contributed by atoms with Gasteiger partial charge in [-0.1, -0.05) is 31.5 Å². The molecule has 4 aromatic rings. The van der Waals surface area contributed by atoms with Gasteiger partial charge in [0, 0.05) is 27.9 Å². The number of carbonyl (C=O) groups excluding carboxylic acids is 2. The molecule has 1 saturated carbocycles.